The second-order valence-electron chi connectivity index (χ2n) is 9.66. The van der Waals surface area contributed by atoms with E-state index in [1.54, 1.807) is 17.6 Å². The zero-order valence-electron chi connectivity index (χ0n) is 22.6. The number of carboxylic acids is 1. The highest BCUT2D eigenvalue weighted by molar-refractivity contribution is 7.80. The summed E-state index contributed by atoms with van der Waals surface area (Å²) in [6.45, 7) is 8.15. The molecule has 1 heterocycles. The first kappa shape index (κ1) is 30.1. The first-order valence-corrected chi connectivity index (χ1v) is 13.6. The monoisotopic (exact) mass is 559 g/mol. The third kappa shape index (κ3) is 7.17. The number of aryl methyl sites for hydroxylation is 1. The molecule has 3 rings (SSSR count). The van der Waals surface area contributed by atoms with Gasteiger partial charge in [0.1, 0.15) is 11.6 Å². The summed E-state index contributed by atoms with van der Waals surface area (Å²) in [6.07, 6.45) is 1.24. The van der Waals surface area contributed by atoms with Crippen molar-refractivity contribution in [2.75, 3.05) is 12.4 Å². The van der Waals surface area contributed by atoms with Crippen molar-refractivity contribution in [3.63, 3.8) is 0 Å². The van der Waals surface area contributed by atoms with Crippen LogP contribution in [0.25, 0.3) is 11.1 Å². The number of hydrogen-bond acceptors (Lipinski definition) is 5. The summed E-state index contributed by atoms with van der Waals surface area (Å²) in [4.78, 5) is 29.0. The van der Waals surface area contributed by atoms with Crippen molar-refractivity contribution in [3.05, 3.63) is 70.5 Å². The first-order chi connectivity index (χ1) is 18.6. The van der Waals surface area contributed by atoms with Crippen molar-refractivity contribution in [1.29, 1.82) is 0 Å². The van der Waals surface area contributed by atoms with E-state index in [0.717, 1.165) is 12.1 Å². The van der Waals surface area contributed by atoms with Crippen molar-refractivity contribution in [1.82, 2.24) is 14.9 Å². The van der Waals surface area contributed by atoms with Crippen molar-refractivity contribution in [2.45, 2.75) is 53.6 Å². The molecule has 1 atom stereocenters. The number of carboxylic acid groups (broad SMARTS) is 1. The maximum atomic E-state index is 15.4. The van der Waals surface area contributed by atoms with Gasteiger partial charge in [0.25, 0.3) is 6.01 Å². The minimum absolute atomic E-state index is 0.0330. The Kier molecular flexibility index (Phi) is 10.5. The van der Waals surface area contributed by atoms with E-state index in [1.807, 2.05) is 20.8 Å². The zero-order valence-corrected chi connectivity index (χ0v) is 23.5. The third-order valence-electron chi connectivity index (χ3n) is 6.42. The highest BCUT2D eigenvalue weighted by atomic mass is 32.1. The molecule has 10 heteroatoms. The minimum atomic E-state index is -1.23. The van der Waals surface area contributed by atoms with Crippen molar-refractivity contribution in [2.24, 2.45) is 11.8 Å². The molecule has 1 amide bonds. The minimum Gasteiger partial charge on any atom is -0.478 e. The molecule has 0 aliphatic carbocycles. The second-order valence-corrected chi connectivity index (χ2v) is 10.0. The van der Waals surface area contributed by atoms with E-state index < -0.39 is 17.6 Å². The normalized spacial score (nSPS) is 12.0. The van der Waals surface area contributed by atoms with Crippen LogP contribution in [0.5, 0.6) is 6.01 Å². The average molecular weight is 560 g/mol. The molecule has 0 bridgehead atoms. The number of hydrogen-bond donors (Lipinski definition) is 3. The molecule has 0 saturated heterocycles. The van der Waals surface area contributed by atoms with Crippen LogP contribution in [-0.4, -0.2) is 38.9 Å². The number of nitrogens with one attached hydrogen (secondary N) is 1. The fourth-order valence-corrected chi connectivity index (χ4v) is 4.85. The van der Waals surface area contributed by atoms with Gasteiger partial charge in [-0.25, -0.2) is 13.6 Å². The molecule has 0 saturated carbocycles. The summed E-state index contributed by atoms with van der Waals surface area (Å²) in [7, 11) is 0. The van der Waals surface area contributed by atoms with Gasteiger partial charge in [-0.05, 0) is 49.4 Å². The zero-order chi connectivity index (χ0) is 28.7. The van der Waals surface area contributed by atoms with Crippen LogP contribution in [0.4, 0.5) is 8.78 Å². The molecule has 210 valence electrons. The van der Waals surface area contributed by atoms with Gasteiger partial charge >= 0.3 is 5.97 Å². The summed E-state index contributed by atoms with van der Waals surface area (Å²) in [5.74, 6) is -2.34. The van der Waals surface area contributed by atoms with Crippen LogP contribution in [0.1, 0.15) is 61.4 Å². The van der Waals surface area contributed by atoms with Crippen molar-refractivity contribution >= 4 is 24.5 Å². The predicted octanol–water partition coefficient (Wildman–Crippen LogP) is 5.74. The summed E-state index contributed by atoms with van der Waals surface area (Å²) in [5.41, 5.74) is 1.16. The van der Waals surface area contributed by atoms with Gasteiger partial charge < -0.3 is 15.2 Å². The topological polar surface area (TPSA) is 93.5 Å². The number of benzene rings is 2. The summed E-state index contributed by atoms with van der Waals surface area (Å²) in [5, 5.41) is 12.4. The SMILES string of the molecule is CCOc1nc(CC)c(CNC(=O)C(CS)CC(C)C)n1Cc1cc(F)c(-c2ccccc2C(=O)O)cc1F. The molecule has 1 aromatic heterocycles. The molecule has 39 heavy (non-hydrogen) atoms. The molecular weight excluding hydrogens is 524 g/mol. The fraction of sp³-hybridized carbons (Fsp3) is 0.414. The maximum Gasteiger partial charge on any atom is 0.336 e. The molecule has 7 nitrogen and oxygen atoms in total. The Morgan fingerprint density at radius 1 is 1.13 bits per heavy atom. The summed E-state index contributed by atoms with van der Waals surface area (Å²) in [6, 6.07) is 8.19. The number of halogens is 2. The average Bonchev–Trinajstić information content (AvgIpc) is 3.23. The smallest absolute Gasteiger partial charge is 0.336 e. The van der Waals surface area contributed by atoms with E-state index in [1.165, 1.54) is 18.2 Å². The molecule has 0 aliphatic heterocycles. The molecular formula is C29H35F2N3O4S. The van der Waals surface area contributed by atoms with Crippen molar-refractivity contribution in [3.8, 4) is 17.1 Å². The Morgan fingerprint density at radius 2 is 1.85 bits per heavy atom. The van der Waals surface area contributed by atoms with E-state index in [9.17, 15) is 14.7 Å². The molecule has 0 spiro atoms. The number of aromatic nitrogens is 2. The van der Waals surface area contributed by atoms with Gasteiger partial charge in [-0.2, -0.15) is 17.6 Å². The van der Waals surface area contributed by atoms with E-state index in [-0.39, 0.29) is 53.2 Å². The van der Waals surface area contributed by atoms with Crippen LogP contribution in [0.3, 0.4) is 0 Å². The molecule has 2 N–H and O–H groups in total. The van der Waals surface area contributed by atoms with Crippen LogP contribution < -0.4 is 10.1 Å². The Balaban J connectivity index is 1.98. The number of amides is 1. The summed E-state index contributed by atoms with van der Waals surface area (Å²) < 4.78 is 38.0. The summed E-state index contributed by atoms with van der Waals surface area (Å²) >= 11 is 4.33. The molecule has 2 aromatic carbocycles. The maximum absolute atomic E-state index is 15.4. The van der Waals surface area contributed by atoms with E-state index in [0.29, 0.717) is 42.5 Å². The van der Waals surface area contributed by atoms with Gasteiger partial charge in [0, 0.05) is 22.8 Å². The number of carbonyl (C=O) groups excluding carboxylic acids is 1. The predicted molar refractivity (Wildman–Crippen MR) is 149 cm³/mol. The number of aromatic carboxylic acids is 1. The van der Waals surface area contributed by atoms with Gasteiger partial charge in [0.2, 0.25) is 5.91 Å². The fourth-order valence-electron chi connectivity index (χ4n) is 4.53. The molecule has 0 fully saturated rings. The third-order valence-corrected chi connectivity index (χ3v) is 6.86. The molecule has 0 radical (unpaired) electrons. The van der Waals surface area contributed by atoms with Gasteiger partial charge in [-0.3, -0.25) is 9.36 Å². The van der Waals surface area contributed by atoms with Crippen LogP contribution in [0.15, 0.2) is 36.4 Å². The number of rotatable bonds is 13. The lowest BCUT2D eigenvalue weighted by molar-refractivity contribution is -0.125. The van der Waals surface area contributed by atoms with E-state index in [4.69, 9.17) is 4.74 Å². The van der Waals surface area contributed by atoms with E-state index in [2.05, 4.69) is 22.9 Å². The quantitative estimate of drug-likeness (QED) is 0.232. The van der Waals surface area contributed by atoms with Gasteiger partial charge in [0.05, 0.1) is 36.6 Å². The number of imidazole rings is 1. The second kappa shape index (κ2) is 13.6. The van der Waals surface area contributed by atoms with Crippen LogP contribution >= 0.6 is 12.6 Å². The number of nitrogens with zero attached hydrogens (tertiary/aromatic N) is 2. The Hall–Kier alpha value is -3.40. The largest absolute Gasteiger partial charge is 0.478 e. The molecule has 3 aromatic rings. The van der Waals surface area contributed by atoms with Gasteiger partial charge in [-0.15, -0.1) is 0 Å². The number of ether oxygens (including phenoxy) is 1. The lowest BCUT2D eigenvalue weighted by Gasteiger charge is -2.18. The Labute approximate surface area is 233 Å². The Morgan fingerprint density at radius 3 is 2.46 bits per heavy atom. The number of thiol groups is 1. The van der Waals surface area contributed by atoms with Gasteiger partial charge in [-0.1, -0.05) is 39.0 Å². The van der Waals surface area contributed by atoms with Crippen LogP contribution in [0.2, 0.25) is 0 Å². The molecule has 1 unspecified atom stereocenters. The van der Waals surface area contributed by atoms with Gasteiger partial charge in [0.15, 0.2) is 0 Å². The van der Waals surface area contributed by atoms with Crippen LogP contribution in [0, 0.1) is 23.5 Å². The highest BCUT2D eigenvalue weighted by Gasteiger charge is 2.23. The number of carbonyl (C=O) groups is 2. The highest BCUT2D eigenvalue weighted by Crippen LogP contribution is 2.30. The lowest BCUT2D eigenvalue weighted by atomic mass is 9.97. The van der Waals surface area contributed by atoms with Crippen molar-refractivity contribution < 1.29 is 28.2 Å². The standard InChI is InChI=1S/C29H35F2N3O4S/c1-5-25-26(14-32-27(35)19(16-39)11-17(3)4)34(29(33-25)38-6-2)15-18-12-24(31)22(13-23(18)30)20-9-7-8-10-21(20)28(36)37/h7-10,12-13,17,19,39H,5-6,11,14-16H2,1-4H3,(H,32,35)(H,36,37). The lowest BCUT2D eigenvalue weighted by Crippen LogP contribution is -2.33. The van der Waals surface area contributed by atoms with Crippen LogP contribution in [-0.2, 0) is 24.3 Å². The first-order valence-electron chi connectivity index (χ1n) is 13.0. The molecule has 0 aliphatic rings. The Bertz CT molecular complexity index is 1330. The van der Waals surface area contributed by atoms with E-state index >= 15 is 8.78 Å².